The molecule has 0 atom stereocenters. The van der Waals surface area contributed by atoms with Crippen molar-refractivity contribution in [1.29, 1.82) is 0 Å². The molecule has 0 aliphatic rings. The Balaban J connectivity index is 1.84. The van der Waals surface area contributed by atoms with Crippen molar-refractivity contribution in [1.82, 2.24) is 0 Å². The zero-order valence-electron chi connectivity index (χ0n) is 15.2. The molecule has 1 amide bonds. The predicted molar refractivity (Wildman–Crippen MR) is 99.0 cm³/mol. The molecular formula is C20H23NO5. The van der Waals surface area contributed by atoms with Gasteiger partial charge in [-0.25, -0.2) is 4.79 Å². The van der Waals surface area contributed by atoms with E-state index in [0.29, 0.717) is 11.4 Å². The van der Waals surface area contributed by atoms with E-state index in [-0.39, 0.29) is 18.9 Å². The Bertz CT molecular complexity index is 801. The molecule has 0 fully saturated rings. The van der Waals surface area contributed by atoms with Gasteiger partial charge in [-0.15, -0.1) is 0 Å². The molecule has 2 aromatic rings. The van der Waals surface area contributed by atoms with Crippen LogP contribution in [0.25, 0.3) is 0 Å². The highest BCUT2D eigenvalue weighted by atomic mass is 16.5. The highest BCUT2D eigenvalue weighted by Crippen LogP contribution is 2.22. The summed E-state index contributed by atoms with van der Waals surface area (Å²) in [6.45, 7) is 5.69. The number of ether oxygens (including phenoxy) is 2. The van der Waals surface area contributed by atoms with Gasteiger partial charge in [0.05, 0.1) is 13.0 Å². The fourth-order valence-electron chi connectivity index (χ4n) is 2.44. The van der Waals surface area contributed by atoms with Gasteiger partial charge >= 0.3 is 5.97 Å². The Kier molecular flexibility index (Phi) is 6.60. The van der Waals surface area contributed by atoms with E-state index in [9.17, 15) is 9.59 Å². The average Bonchev–Trinajstić information content (AvgIpc) is 2.57. The normalized spacial score (nSPS) is 10.3. The standard InChI is InChI=1S/C20H23NO5/c1-13-4-7-18(15(3)10-13)25-9-8-19(22)21-17-6-5-16(11-14(17)2)26-12-20(23)24/h4-7,10-11H,8-9,12H2,1-3H3,(H,21,22)(H,23,24). The zero-order valence-corrected chi connectivity index (χ0v) is 15.2. The first-order chi connectivity index (χ1) is 12.3. The molecule has 0 unspecified atom stereocenters. The Labute approximate surface area is 152 Å². The highest BCUT2D eigenvalue weighted by Gasteiger charge is 2.08. The van der Waals surface area contributed by atoms with Crippen molar-refractivity contribution in [3.05, 3.63) is 53.1 Å². The monoisotopic (exact) mass is 357 g/mol. The largest absolute Gasteiger partial charge is 0.493 e. The number of rotatable bonds is 8. The SMILES string of the molecule is Cc1ccc(OCCC(=O)Nc2ccc(OCC(=O)O)cc2C)c(C)c1. The number of hydrogen-bond acceptors (Lipinski definition) is 4. The second kappa shape index (κ2) is 8.89. The second-order valence-corrected chi connectivity index (χ2v) is 6.07. The zero-order chi connectivity index (χ0) is 19.1. The number of benzene rings is 2. The lowest BCUT2D eigenvalue weighted by Crippen LogP contribution is -2.16. The Morgan fingerprint density at radius 2 is 1.77 bits per heavy atom. The minimum atomic E-state index is -1.04. The van der Waals surface area contributed by atoms with Gasteiger partial charge in [-0.05, 0) is 56.2 Å². The molecule has 0 aliphatic carbocycles. The number of carboxylic acids is 1. The molecule has 26 heavy (non-hydrogen) atoms. The number of aliphatic carboxylic acids is 1. The maximum absolute atomic E-state index is 12.1. The van der Waals surface area contributed by atoms with E-state index in [0.717, 1.165) is 16.9 Å². The van der Waals surface area contributed by atoms with Crippen molar-refractivity contribution in [2.45, 2.75) is 27.2 Å². The van der Waals surface area contributed by atoms with Gasteiger partial charge in [-0.2, -0.15) is 0 Å². The van der Waals surface area contributed by atoms with Crippen LogP contribution in [0.15, 0.2) is 36.4 Å². The molecule has 2 N–H and O–H groups in total. The summed E-state index contributed by atoms with van der Waals surface area (Å²) in [5.74, 6) is 0.0292. The number of carbonyl (C=O) groups is 2. The predicted octanol–water partition coefficient (Wildman–Crippen LogP) is 3.48. The van der Waals surface area contributed by atoms with Crippen molar-refractivity contribution in [3.8, 4) is 11.5 Å². The third-order valence-corrected chi connectivity index (χ3v) is 3.75. The number of hydrogen-bond donors (Lipinski definition) is 2. The summed E-state index contributed by atoms with van der Waals surface area (Å²) in [5, 5.41) is 11.4. The van der Waals surface area contributed by atoms with Gasteiger partial charge in [0.1, 0.15) is 11.5 Å². The molecule has 6 nitrogen and oxygen atoms in total. The lowest BCUT2D eigenvalue weighted by Gasteiger charge is -2.12. The van der Waals surface area contributed by atoms with Crippen LogP contribution in [0.5, 0.6) is 11.5 Å². The highest BCUT2D eigenvalue weighted by molar-refractivity contribution is 5.91. The lowest BCUT2D eigenvalue weighted by molar-refractivity contribution is -0.139. The van der Waals surface area contributed by atoms with Gasteiger partial charge in [0.25, 0.3) is 0 Å². The fourth-order valence-corrected chi connectivity index (χ4v) is 2.44. The first-order valence-electron chi connectivity index (χ1n) is 8.30. The van der Waals surface area contributed by atoms with E-state index < -0.39 is 12.6 Å². The Morgan fingerprint density at radius 3 is 2.42 bits per heavy atom. The van der Waals surface area contributed by atoms with E-state index in [1.54, 1.807) is 18.2 Å². The third kappa shape index (κ3) is 5.81. The summed E-state index contributed by atoms with van der Waals surface area (Å²) in [6.07, 6.45) is 0.226. The summed E-state index contributed by atoms with van der Waals surface area (Å²) < 4.78 is 10.8. The van der Waals surface area contributed by atoms with Crippen LogP contribution in [0.2, 0.25) is 0 Å². The molecule has 138 valence electrons. The minimum absolute atomic E-state index is 0.155. The van der Waals surface area contributed by atoms with Gasteiger partial charge in [0.15, 0.2) is 6.61 Å². The van der Waals surface area contributed by atoms with Gasteiger partial charge < -0.3 is 19.9 Å². The first kappa shape index (κ1) is 19.3. The van der Waals surface area contributed by atoms with Crippen LogP contribution in [0.3, 0.4) is 0 Å². The molecule has 0 heterocycles. The Hall–Kier alpha value is -3.02. The molecule has 0 bridgehead atoms. The quantitative estimate of drug-likeness (QED) is 0.755. The van der Waals surface area contributed by atoms with E-state index in [1.165, 1.54) is 5.56 Å². The summed E-state index contributed by atoms with van der Waals surface area (Å²) >= 11 is 0. The molecule has 0 saturated carbocycles. The molecule has 2 rings (SSSR count). The van der Waals surface area contributed by atoms with Crippen LogP contribution >= 0.6 is 0 Å². The fraction of sp³-hybridized carbons (Fsp3) is 0.300. The minimum Gasteiger partial charge on any atom is -0.493 e. The molecule has 6 heteroatoms. The van der Waals surface area contributed by atoms with Crippen molar-refractivity contribution in [2.24, 2.45) is 0 Å². The smallest absolute Gasteiger partial charge is 0.341 e. The van der Waals surface area contributed by atoms with Crippen molar-refractivity contribution >= 4 is 17.6 Å². The molecule has 0 aromatic heterocycles. The second-order valence-electron chi connectivity index (χ2n) is 6.07. The maximum Gasteiger partial charge on any atom is 0.341 e. The van der Waals surface area contributed by atoms with E-state index in [4.69, 9.17) is 14.6 Å². The average molecular weight is 357 g/mol. The third-order valence-electron chi connectivity index (χ3n) is 3.75. The van der Waals surface area contributed by atoms with E-state index >= 15 is 0 Å². The van der Waals surface area contributed by atoms with Crippen LogP contribution in [0.4, 0.5) is 5.69 Å². The van der Waals surface area contributed by atoms with Gasteiger partial charge in [0, 0.05) is 5.69 Å². The van der Waals surface area contributed by atoms with Crippen LogP contribution in [-0.2, 0) is 9.59 Å². The Morgan fingerprint density at radius 1 is 1.00 bits per heavy atom. The van der Waals surface area contributed by atoms with Crippen LogP contribution in [0.1, 0.15) is 23.1 Å². The van der Waals surface area contributed by atoms with Gasteiger partial charge in [-0.1, -0.05) is 17.7 Å². The molecule has 0 aliphatic heterocycles. The van der Waals surface area contributed by atoms with E-state index in [2.05, 4.69) is 5.32 Å². The van der Waals surface area contributed by atoms with Crippen LogP contribution in [0, 0.1) is 20.8 Å². The molecule has 0 radical (unpaired) electrons. The number of aryl methyl sites for hydroxylation is 3. The van der Waals surface area contributed by atoms with Crippen LogP contribution in [-0.4, -0.2) is 30.2 Å². The molecule has 0 spiro atoms. The van der Waals surface area contributed by atoms with Crippen molar-refractivity contribution < 1.29 is 24.2 Å². The maximum atomic E-state index is 12.1. The molecule has 2 aromatic carbocycles. The number of carbonyl (C=O) groups excluding carboxylic acids is 1. The van der Waals surface area contributed by atoms with E-state index in [1.807, 2.05) is 39.0 Å². The van der Waals surface area contributed by atoms with Crippen molar-refractivity contribution in [2.75, 3.05) is 18.5 Å². The molecule has 0 saturated heterocycles. The molecular weight excluding hydrogens is 334 g/mol. The lowest BCUT2D eigenvalue weighted by atomic mass is 10.1. The van der Waals surface area contributed by atoms with Crippen LogP contribution < -0.4 is 14.8 Å². The number of nitrogens with one attached hydrogen (secondary N) is 1. The van der Waals surface area contributed by atoms with Gasteiger partial charge in [0.2, 0.25) is 5.91 Å². The summed E-state index contributed by atoms with van der Waals surface area (Å²) in [7, 11) is 0. The summed E-state index contributed by atoms with van der Waals surface area (Å²) in [4.78, 5) is 22.6. The number of amides is 1. The summed E-state index contributed by atoms with van der Waals surface area (Å²) in [5.41, 5.74) is 3.65. The van der Waals surface area contributed by atoms with Gasteiger partial charge in [-0.3, -0.25) is 4.79 Å². The first-order valence-corrected chi connectivity index (χ1v) is 8.30. The topological polar surface area (TPSA) is 84.9 Å². The number of anilines is 1. The number of carboxylic acid groups (broad SMARTS) is 1. The van der Waals surface area contributed by atoms with Crippen molar-refractivity contribution in [3.63, 3.8) is 0 Å². The summed E-state index contributed by atoms with van der Waals surface area (Å²) in [6, 6.07) is 10.9.